The summed E-state index contributed by atoms with van der Waals surface area (Å²) >= 11 is 0. The molecule has 0 radical (unpaired) electrons. The number of hydrogen-bond acceptors (Lipinski definition) is 4. The van der Waals surface area contributed by atoms with Crippen molar-refractivity contribution in [1.82, 2.24) is 0 Å². The highest BCUT2D eigenvalue weighted by Gasteiger charge is 2.43. The molecule has 0 aromatic rings. The summed E-state index contributed by atoms with van der Waals surface area (Å²) in [4.78, 5) is 50.1. The van der Waals surface area contributed by atoms with Gasteiger partial charge >= 0.3 is 0 Å². The summed E-state index contributed by atoms with van der Waals surface area (Å²) in [5.41, 5.74) is 0. The van der Waals surface area contributed by atoms with E-state index in [-0.39, 0.29) is 28.5 Å². The van der Waals surface area contributed by atoms with E-state index in [2.05, 4.69) is 13.8 Å². The first-order valence-electron chi connectivity index (χ1n) is 20.7. The van der Waals surface area contributed by atoms with Crippen molar-refractivity contribution in [1.29, 1.82) is 0 Å². The highest BCUT2D eigenvalue weighted by molar-refractivity contribution is 5.99. The van der Waals surface area contributed by atoms with E-state index in [1.165, 1.54) is 154 Å². The van der Waals surface area contributed by atoms with Gasteiger partial charge in [-0.2, -0.15) is 0 Å². The van der Waals surface area contributed by atoms with Crippen LogP contribution in [0.15, 0.2) is 0 Å². The highest BCUT2D eigenvalue weighted by atomic mass is 35.5. The van der Waals surface area contributed by atoms with Crippen LogP contribution in [0, 0.1) is 0 Å². The predicted octanol–water partition coefficient (Wildman–Crippen LogP) is 8.86. The molecule has 0 aliphatic rings. The zero-order valence-corrected chi connectivity index (χ0v) is 33.2. The van der Waals surface area contributed by atoms with Crippen LogP contribution in [0.2, 0.25) is 0 Å². The van der Waals surface area contributed by atoms with Crippen molar-refractivity contribution in [2.24, 2.45) is 0 Å². The van der Waals surface area contributed by atoms with E-state index in [1.807, 2.05) is 0 Å². The molecule has 284 valence electrons. The summed E-state index contributed by atoms with van der Waals surface area (Å²) in [7, 11) is 3.37. The lowest BCUT2D eigenvalue weighted by molar-refractivity contribution is -0.902. The Morgan fingerprint density at radius 1 is 0.396 bits per heavy atom. The van der Waals surface area contributed by atoms with Gasteiger partial charge in [0.15, 0.2) is 24.1 Å². The summed E-state index contributed by atoms with van der Waals surface area (Å²) in [5.74, 6) is -0.294. The maximum absolute atomic E-state index is 13.0. The Labute approximate surface area is 304 Å². The van der Waals surface area contributed by atoms with Gasteiger partial charge in [-0.25, -0.2) is 0 Å². The second-order valence-electron chi connectivity index (χ2n) is 15.1. The van der Waals surface area contributed by atoms with E-state index in [9.17, 15) is 19.2 Å². The van der Waals surface area contributed by atoms with Gasteiger partial charge in [0, 0.05) is 12.8 Å². The first-order valence-corrected chi connectivity index (χ1v) is 20.7. The number of unbranched alkanes of at least 4 members (excludes halogenated alkanes) is 28. The van der Waals surface area contributed by atoms with Gasteiger partial charge in [0.05, 0.1) is 14.1 Å². The molecule has 2 atom stereocenters. The lowest BCUT2D eigenvalue weighted by atomic mass is 9.97. The smallest absolute Gasteiger partial charge is 0.204 e. The lowest BCUT2D eigenvalue weighted by Crippen LogP contribution is -3.00. The summed E-state index contributed by atoms with van der Waals surface area (Å²) in [6.07, 6.45) is 39.9. The van der Waals surface area contributed by atoms with Gasteiger partial charge < -0.3 is 12.4 Å². The molecule has 0 heterocycles. The fraction of sp³-hybridized carbons (Fsp3) is 0.905. The molecule has 0 amide bonds. The van der Waals surface area contributed by atoms with Crippen LogP contribution < -0.4 is 12.4 Å². The highest BCUT2D eigenvalue weighted by Crippen LogP contribution is 2.20. The molecule has 0 spiro atoms. The van der Waals surface area contributed by atoms with Crippen molar-refractivity contribution in [2.45, 2.75) is 231 Å². The monoisotopic (exact) mass is 698 g/mol. The number of hydrogen-bond donors (Lipinski definition) is 0. The fourth-order valence-corrected chi connectivity index (χ4v) is 7.02. The third-order valence-corrected chi connectivity index (χ3v) is 10.4. The average molecular weight is 699 g/mol. The Kier molecular flexibility index (Phi) is 36.5. The SMILES string of the molecule is CCCCCCCCCCCCCCCCCC(=O)C(C=O)[N+](C)(C)C(C=O)C(=O)CCCCCCCCCCCCCCCCC.[Cl-]. The molecule has 0 fully saturated rings. The molecule has 0 bridgehead atoms. The molecule has 5 nitrogen and oxygen atoms in total. The second-order valence-corrected chi connectivity index (χ2v) is 15.1. The third kappa shape index (κ3) is 26.8. The van der Waals surface area contributed by atoms with Gasteiger partial charge in [-0.3, -0.25) is 23.7 Å². The van der Waals surface area contributed by atoms with Crippen LogP contribution in [0.3, 0.4) is 0 Å². The number of aldehydes is 2. The third-order valence-electron chi connectivity index (χ3n) is 10.4. The number of Topliss-reactive ketones (excluding diaryl/α,β-unsaturated/α-hetero) is 2. The molecule has 48 heavy (non-hydrogen) atoms. The van der Waals surface area contributed by atoms with E-state index in [4.69, 9.17) is 0 Å². The largest absolute Gasteiger partial charge is 1.00 e. The second kappa shape index (κ2) is 35.7. The Bertz CT molecular complexity index is 696. The first-order chi connectivity index (χ1) is 22.9. The normalized spacial score (nSPS) is 12.8. The van der Waals surface area contributed by atoms with Crippen LogP contribution in [0.4, 0.5) is 0 Å². The number of likely N-dealkylation sites (N-methyl/N-ethyl adjacent to an activating group) is 1. The van der Waals surface area contributed by atoms with E-state index in [0.29, 0.717) is 25.4 Å². The average Bonchev–Trinajstić information content (AvgIpc) is 3.05. The molecule has 0 aromatic heterocycles. The standard InChI is InChI=1S/C42H80NO4.ClH/c1-5-7-9-11-13-15-17-19-21-23-25-27-29-31-33-35-41(46)39(37-44)43(3,4)40(38-45)42(47)36-34-32-30-28-26-24-22-20-18-16-14-12-10-8-6-2;/h37-40H,5-36H2,1-4H3;1H/q+1;/p-1. The van der Waals surface area contributed by atoms with Gasteiger partial charge in [-0.15, -0.1) is 0 Å². The van der Waals surface area contributed by atoms with Gasteiger partial charge in [0.25, 0.3) is 0 Å². The Morgan fingerprint density at radius 2 is 0.583 bits per heavy atom. The molecular weight excluding hydrogens is 618 g/mol. The molecular formula is C42H80ClNO4. The quantitative estimate of drug-likeness (QED) is 0.0280. The van der Waals surface area contributed by atoms with Gasteiger partial charge in [0.2, 0.25) is 12.1 Å². The molecule has 0 rings (SSSR count). The molecule has 0 aliphatic heterocycles. The molecule has 0 saturated heterocycles. The van der Waals surface area contributed by atoms with Crippen molar-refractivity contribution in [3.63, 3.8) is 0 Å². The zero-order chi connectivity index (χ0) is 34.9. The van der Waals surface area contributed by atoms with Crippen LogP contribution >= 0.6 is 0 Å². The number of carbonyl (C=O) groups excluding carboxylic acids is 4. The van der Waals surface area contributed by atoms with Crippen molar-refractivity contribution in [3.8, 4) is 0 Å². The maximum atomic E-state index is 13.0. The fourth-order valence-electron chi connectivity index (χ4n) is 7.02. The molecule has 2 unspecified atom stereocenters. The molecule has 0 saturated carbocycles. The Morgan fingerprint density at radius 3 is 0.771 bits per heavy atom. The summed E-state index contributed by atoms with van der Waals surface area (Å²) < 4.78 is -0.192. The van der Waals surface area contributed by atoms with Gasteiger partial charge in [0.1, 0.15) is 0 Å². The van der Waals surface area contributed by atoms with Crippen molar-refractivity contribution in [3.05, 3.63) is 0 Å². The minimum Gasteiger partial charge on any atom is -1.00 e. The van der Waals surface area contributed by atoms with Crippen molar-refractivity contribution >= 4 is 24.1 Å². The van der Waals surface area contributed by atoms with E-state index < -0.39 is 12.1 Å². The molecule has 0 N–H and O–H groups in total. The van der Waals surface area contributed by atoms with Crippen LogP contribution in [0.1, 0.15) is 219 Å². The van der Waals surface area contributed by atoms with E-state index in [1.54, 1.807) is 14.1 Å². The summed E-state index contributed by atoms with van der Waals surface area (Å²) in [5, 5.41) is 0. The van der Waals surface area contributed by atoms with Crippen LogP contribution in [0.25, 0.3) is 0 Å². The number of halogens is 1. The maximum Gasteiger partial charge on any atom is 0.204 e. The Hall–Kier alpha value is -1.07. The van der Waals surface area contributed by atoms with Crippen molar-refractivity contribution < 1.29 is 36.1 Å². The van der Waals surface area contributed by atoms with Gasteiger partial charge in [-0.1, -0.05) is 194 Å². The summed E-state index contributed by atoms with van der Waals surface area (Å²) in [6, 6.07) is -1.94. The van der Waals surface area contributed by atoms with E-state index in [0.717, 1.165) is 38.5 Å². The molecule has 6 heteroatoms. The number of ketones is 2. The number of rotatable bonds is 38. The molecule has 0 aromatic carbocycles. The lowest BCUT2D eigenvalue weighted by Gasteiger charge is -2.37. The molecule has 0 aliphatic carbocycles. The van der Waals surface area contributed by atoms with Crippen LogP contribution in [-0.2, 0) is 19.2 Å². The predicted molar refractivity (Wildman–Crippen MR) is 201 cm³/mol. The first kappa shape index (κ1) is 49.0. The topological polar surface area (TPSA) is 68.3 Å². The van der Waals surface area contributed by atoms with Crippen LogP contribution in [-0.4, -0.2) is 54.8 Å². The van der Waals surface area contributed by atoms with E-state index >= 15 is 0 Å². The van der Waals surface area contributed by atoms with Gasteiger partial charge in [-0.05, 0) is 12.8 Å². The van der Waals surface area contributed by atoms with Crippen molar-refractivity contribution in [2.75, 3.05) is 14.1 Å². The number of carbonyl (C=O) groups is 4. The Balaban J connectivity index is 0. The zero-order valence-electron chi connectivity index (χ0n) is 32.4. The number of nitrogens with zero attached hydrogens (tertiary/aromatic N) is 1. The number of quaternary nitrogens is 1. The minimum absolute atomic E-state index is 0. The summed E-state index contributed by atoms with van der Waals surface area (Å²) in [6.45, 7) is 4.53. The minimum atomic E-state index is -0.971. The van der Waals surface area contributed by atoms with Crippen LogP contribution in [0.5, 0.6) is 0 Å².